The lowest BCUT2D eigenvalue weighted by atomic mass is 9.84. The molecule has 19 heavy (non-hydrogen) atoms. The summed E-state index contributed by atoms with van der Waals surface area (Å²) in [4.78, 5) is 12.2. The number of nitriles is 1. The molecular weight excluding hydrogens is 240 g/mol. The highest BCUT2D eigenvalue weighted by Gasteiger charge is 2.34. The van der Waals surface area contributed by atoms with Crippen molar-refractivity contribution in [2.24, 2.45) is 0 Å². The minimum absolute atomic E-state index is 0.0816. The van der Waals surface area contributed by atoms with Gasteiger partial charge in [-0.2, -0.15) is 5.26 Å². The van der Waals surface area contributed by atoms with Crippen molar-refractivity contribution >= 4 is 5.91 Å². The van der Waals surface area contributed by atoms with Crippen LogP contribution in [0.4, 0.5) is 0 Å². The molecule has 1 heterocycles. The van der Waals surface area contributed by atoms with Crippen molar-refractivity contribution in [1.29, 1.82) is 5.26 Å². The summed E-state index contributed by atoms with van der Waals surface area (Å²) >= 11 is 0. The Hall–Kier alpha value is -1.08. The van der Waals surface area contributed by atoms with Gasteiger partial charge in [0.25, 0.3) is 0 Å². The number of nitrogens with one attached hydrogen (secondary N) is 1. The van der Waals surface area contributed by atoms with Gasteiger partial charge in [0, 0.05) is 6.61 Å². The van der Waals surface area contributed by atoms with E-state index in [0.29, 0.717) is 6.61 Å². The average Bonchev–Trinajstić information content (AvgIpc) is 2.43. The Morgan fingerprint density at radius 2 is 1.79 bits per heavy atom. The lowest BCUT2D eigenvalue weighted by Crippen LogP contribution is -2.52. The molecule has 0 aromatic rings. The first-order chi connectivity index (χ1) is 9.26. The quantitative estimate of drug-likeness (QED) is 0.834. The molecule has 1 aliphatic carbocycles. The number of ether oxygens (including phenoxy) is 1. The van der Waals surface area contributed by atoms with Gasteiger partial charge in [0.2, 0.25) is 5.91 Å². The molecule has 1 saturated heterocycles. The zero-order valence-electron chi connectivity index (χ0n) is 11.6. The van der Waals surface area contributed by atoms with Crippen LogP contribution in [0.3, 0.4) is 0 Å². The standard InChI is InChI=1S/C15H24N2O2/c16-12-15(9-5-2-1-3-6-10-15)17-14(18)13-8-4-7-11-19-13/h13H,1-11H2,(H,17,18). The predicted octanol–water partition coefficient (Wildman–Crippen LogP) is 2.68. The highest BCUT2D eigenvalue weighted by Crippen LogP contribution is 2.26. The third-order valence-corrected chi connectivity index (χ3v) is 4.26. The number of rotatable bonds is 2. The summed E-state index contributed by atoms with van der Waals surface area (Å²) in [5.41, 5.74) is -0.654. The maximum atomic E-state index is 12.2. The van der Waals surface area contributed by atoms with E-state index in [1.807, 2.05) is 0 Å². The van der Waals surface area contributed by atoms with E-state index in [2.05, 4.69) is 11.4 Å². The van der Waals surface area contributed by atoms with Crippen LogP contribution in [0.15, 0.2) is 0 Å². The van der Waals surface area contributed by atoms with E-state index in [1.165, 1.54) is 19.3 Å². The van der Waals surface area contributed by atoms with Gasteiger partial charge in [0.15, 0.2) is 0 Å². The summed E-state index contributed by atoms with van der Waals surface area (Å²) in [5, 5.41) is 12.5. The SMILES string of the molecule is N#CC1(NC(=O)C2CCCCO2)CCCCCCC1. The van der Waals surface area contributed by atoms with E-state index in [-0.39, 0.29) is 12.0 Å². The summed E-state index contributed by atoms with van der Waals surface area (Å²) in [6.07, 6.45) is 9.71. The number of carbonyl (C=O) groups is 1. The van der Waals surface area contributed by atoms with Crippen LogP contribution in [0.1, 0.15) is 64.2 Å². The highest BCUT2D eigenvalue weighted by atomic mass is 16.5. The second kappa shape index (κ2) is 6.91. The molecule has 4 heteroatoms. The lowest BCUT2D eigenvalue weighted by molar-refractivity contribution is -0.137. The Bertz CT molecular complexity index is 335. The topological polar surface area (TPSA) is 62.1 Å². The fourth-order valence-electron chi connectivity index (χ4n) is 3.04. The number of carbonyl (C=O) groups excluding carboxylic acids is 1. The lowest BCUT2D eigenvalue weighted by Gasteiger charge is -2.32. The zero-order valence-corrected chi connectivity index (χ0v) is 11.6. The minimum atomic E-state index is -0.654. The van der Waals surface area contributed by atoms with E-state index in [0.717, 1.165) is 44.9 Å². The van der Waals surface area contributed by atoms with Crippen LogP contribution in [0.2, 0.25) is 0 Å². The van der Waals surface area contributed by atoms with E-state index in [4.69, 9.17) is 4.74 Å². The van der Waals surface area contributed by atoms with Gasteiger partial charge in [0.05, 0.1) is 6.07 Å². The second-order valence-electron chi connectivity index (χ2n) is 5.81. The van der Waals surface area contributed by atoms with Gasteiger partial charge in [-0.25, -0.2) is 0 Å². The molecule has 2 fully saturated rings. The van der Waals surface area contributed by atoms with Gasteiger partial charge in [-0.1, -0.05) is 32.1 Å². The van der Waals surface area contributed by atoms with Crippen LogP contribution in [0.25, 0.3) is 0 Å². The van der Waals surface area contributed by atoms with E-state index in [9.17, 15) is 10.1 Å². The molecule has 1 N–H and O–H groups in total. The van der Waals surface area contributed by atoms with E-state index in [1.54, 1.807) is 0 Å². The molecular formula is C15H24N2O2. The van der Waals surface area contributed by atoms with Gasteiger partial charge >= 0.3 is 0 Å². The first-order valence-electron chi connectivity index (χ1n) is 7.61. The molecule has 0 spiro atoms. The van der Waals surface area contributed by atoms with Crippen molar-refractivity contribution in [3.8, 4) is 6.07 Å². The van der Waals surface area contributed by atoms with Crippen LogP contribution < -0.4 is 5.32 Å². The van der Waals surface area contributed by atoms with Crippen LogP contribution in [-0.2, 0) is 9.53 Å². The number of amides is 1. The van der Waals surface area contributed by atoms with E-state index >= 15 is 0 Å². The predicted molar refractivity (Wildman–Crippen MR) is 72.4 cm³/mol. The zero-order chi connectivity index (χ0) is 13.6. The number of nitrogens with zero attached hydrogens (tertiary/aromatic N) is 1. The Morgan fingerprint density at radius 3 is 2.37 bits per heavy atom. The summed E-state index contributed by atoms with van der Waals surface area (Å²) < 4.78 is 5.51. The first-order valence-corrected chi connectivity index (χ1v) is 7.61. The normalized spacial score (nSPS) is 27.6. The summed E-state index contributed by atoms with van der Waals surface area (Å²) in [6.45, 7) is 0.664. The monoisotopic (exact) mass is 264 g/mol. The molecule has 1 saturated carbocycles. The van der Waals surface area contributed by atoms with Crippen LogP contribution in [-0.4, -0.2) is 24.2 Å². The van der Waals surface area contributed by atoms with Gasteiger partial charge in [-0.15, -0.1) is 0 Å². The van der Waals surface area contributed by atoms with E-state index < -0.39 is 5.54 Å². The molecule has 1 aliphatic heterocycles. The Labute approximate surface area is 115 Å². The van der Waals surface area contributed by atoms with Crippen LogP contribution in [0, 0.1) is 11.3 Å². The van der Waals surface area contributed by atoms with Crippen molar-refractivity contribution in [1.82, 2.24) is 5.32 Å². The Kier molecular flexibility index (Phi) is 5.21. The third-order valence-electron chi connectivity index (χ3n) is 4.26. The second-order valence-corrected chi connectivity index (χ2v) is 5.81. The maximum Gasteiger partial charge on any atom is 0.250 e. The fourth-order valence-corrected chi connectivity index (χ4v) is 3.04. The number of hydrogen-bond donors (Lipinski definition) is 1. The molecule has 0 aromatic carbocycles. The van der Waals surface area contributed by atoms with Crippen molar-refractivity contribution in [2.45, 2.75) is 75.9 Å². The van der Waals surface area contributed by atoms with Crippen LogP contribution >= 0.6 is 0 Å². The average molecular weight is 264 g/mol. The number of hydrogen-bond acceptors (Lipinski definition) is 3. The molecule has 1 amide bonds. The van der Waals surface area contributed by atoms with Crippen LogP contribution in [0.5, 0.6) is 0 Å². The van der Waals surface area contributed by atoms with Crippen molar-refractivity contribution < 1.29 is 9.53 Å². The fraction of sp³-hybridized carbons (Fsp3) is 0.867. The van der Waals surface area contributed by atoms with Gasteiger partial charge in [-0.3, -0.25) is 4.79 Å². The van der Waals surface area contributed by atoms with Gasteiger partial charge in [0.1, 0.15) is 11.6 Å². The summed E-state index contributed by atoms with van der Waals surface area (Å²) in [6, 6.07) is 2.37. The van der Waals surface area contributed by atoms with Crippen molar-refractivity contribution in [2.75, 3.05) is 6.61 Å². The van der Waals surface area contributed by atoms with Crippen molar-refractivity contribution in [3.63, 3.8) is 0 Å². The van der Waals surface area contributed by atoms with Crippen molar-refractivity contribution in [3.05, 3.63) is 0 Å². The molecule has 0 aromatic heterocycles. The van der Waals surface area contributed by atoms with Gasteiger partial charge < -0.3 is 10.1 Å². The molecule has 0 radical (unpaired) electrons. The summed E-state index contributed by atoms with van der Waals surface area (Å²) in [5.74, 6) is -0.0816. The largest absolute Gasteiger partial charge is 0.368 e. The molecule has 1 atom stereocenters. The maximum absolute atomic E-state index is 12.2. The first kappa shape index (κ1) is 14.3. The molecule has 4 nitrogen and oxygen atoms in total. The minimum Gasteiger partial charge on any atom is -0.368 e. The molecule has 0 bridgehead atoms. The summed E-state index contributed by atoms with van der Waals surface area (Å²) in [7, 11) is 0. The Morgan fingerprint density at radius 1 is 1.11 bits per heavy atom. The Balaban J connectivity index is 1.95. The molecule has 106 valence electrons. The molecule has 1 unspecified atom stereocenters. The molecule has 2 rings (SSSR count). The highest BCUT2D eigenvalue weighted by molar-refractivity contribution is 5.82. The smallest absolute Gasteiger partial charge is 0.250 e. The van der Waals surface area contributed by atoms with Gasteiger partial charge in [-0.05, 0) is 32.1 Å². The molecule has 2 aliphatic rings. The third kappa shape index (κ3) is 3.94.